The van der Waals surface area contributed by atoms with Crippen LogP contribution in [0, 0.1) is 0 Å². The summed E-state index contributed by atoms with van der Waals surface area (Å²) in [4.78, 5) is 4.22. The molecular formula is C17H15IN2O. The number of pyridine rings is 2. The molecule has 3 aromatic rings. The van der Waals surface area contributed by atoms with Crippen molar-refractivity contribution in [2.45, 2.75) is 0 Å². The Morgan fingerprint density at radius 3 is 2.71 bits per heavy atom. The largest absolute Gasteiger partial charge is 1.00 e. The van der Waals surface area contributed by atoms with Crippen LogP contribution in [0.1, 0.15) is 11.3 Å². The molecule has 4 heteroatoms. The molecule has 1 aromatic carbocycles. The first-order valence-corrected chi connectivity index (χ1v) is 6.45. The van der Waals surface area contributed by atoms with Crippen LogP contribution in [0.15, 0.2) is 54.9 Å². The zero-order chi connectivity index (χ0) is 13.9. The standard InChI is InChI=1S/C17H14N2O.HI/c1-19-12-3-2-5-14(19)9-7-13-8-10-16(20)17-15(13)6-4-11-18-17;/h2-12H,1H3;1H. The molecule has 0 fully saturated rings. The third-order valence-corrected chi connectivity index (χ3v) is 3.31. The second-order valence-electron chi connectivity index (χ2n) is 4.64. The van der Waals surface area contributed by atoms with Crippen molar-refractivity contribution >= 4 is 23.1 Å². The summed E-state index contributed by atoms with van der Waals surface area (Å²) in [6.07, 6.45) is 7.79. The Morgan fingerprint density at radius 2 is 1.90 bits per heavy atom. The maximum Gasteiger partial charge on any atom is 0.204 e. The van der Waals surface area contributed by atoms with Gasteiger partial charge in [-0.15, -0.1) is 0 Å². The third kappa shape index (κ3) is 3.21. The van der Waals surface area contributed by atoms with Gasteiger partial charge in [-0.2, -0.15) is 0 Å². The normalized spacial score (nSPS) is 10.7. The van der Waals surface area contributed by atoms with E-state index in [4.69, 9.17) is 0 Å². The first-order valence-electron chi connectivity index (χ1n) is 6.45. The summed E-state index contributed by atoms with van der Waals surface area (Å²) >= 11 is 0. The number of aryl methyl sites for hydroxylation is 1. The first kappa shape index (κ1) is 15.4. The number of halogens is 1. The van der Waals surface area contributed by atoms with Gasteiger partial charge in [0.15, 0.2) is 6.20 Å². The van der Waals surface area contributed by atoms with Crippen molar-refractivity contribution in [2.24, 2.45) is 7.05 Å². The quantitative estimate of drug-likeness (QED) is 0.492. The van der Waals surface area contributed by atoms with Gasteiger partial charge in [0.25, 0.3) is 0 Å². The molecule has 0 saturated carbocycles. The third-order valence-electron chi connectivity index (χ3n) is 3.31. The average Bonchev–Trinajstić information content (AvgIpc) is 2.48. The number of phenols is 1. The van der Waals surface area contributed by atoms with E-state index in [2.05, 4.69) is 21.7 Å². The van der Waals surface area contributed by atoms with E-state index < -0.39 is 0 Å². The van der Waals surface area contributed by atoms with Gasteiger partial charge in [0.1, 0.15) is 18.3 Å². The van der Waals surface area contributed by atoms with Gasteiger partial charge in [0.2, 0.25) is 5.69 Å². The molecule has 3 rings (SSSR count). The number of benzene rings is 1. The van der Waals surface area contributed by atoms with Crippen molar-refractivity contribution in [3.8, 4) is 5.75 Å². The van der Waals surface area contributed by atoms with Gasteiger partial charge in [-0.05, 0) is 29.8 Å². The van der Waals surface area contributed by atoms with Gasteiger partial charge in [-0.1, -0.05) is 12.1 Å². The average molecular weight is 390 g/mol. The van der Waals surface area contributed by atoms with Crippen LogP contribution in [0.4, 0.5) is 0 Å². The predicted molar refractivity (Wildman–Crippen MR) is 80.0 cm³/mol. The highest BCUT2D eigenvalue weighted by atomic mass is 127. The number of hydrogen-bond acceptors (Lipinski definition) is 2. The second-order valence-corrected chi connectivity index (χ2v) is 4.64. The summed E-state index contributed by atoms with van der Waals surface area (Å²) in [6.45, 7) is 0. The monoisotopic (exact) mass is 390 g/mol. The van der Waals surface area contributed by atoms with Crippen LogP contribution in [0.2, 0.25) is 0 Å². The highest BCUT2D eigenvalue weighted by molar-refractivity contribution is 5.93. The Labute approximate surface area is 140 Å². The number of phenolic OH excluding ortho intramolecular Hbond substituents is 1. The lowest BCUT2D eigenvalue weighted by atomic mass is 10.1. The van der Waals surface area contributed by atoms with Crippen molar-refractivity contribution in [1.82, 2.24) is 4.98 Å². The van der Waals surface area contributed by atoms with Crippen LogP contribution in [-0.2, 0) is 7.05 Å². The summed E-state index contributed by atoms with van der Waals surface area (Å²) < 4.78 is 2.05. The summed E-state index contributed by atoms with van der Waals surface area (Å²) in [5, 5.41) is 10.8. The molecular weight excluding hydrogens is 375 g/mol. The van der Waals surface area contributed by atoms with E-state index in [0.717, 1.165) is 16.6 Å². The summed E-state index contributed by atoms with van der Waals surface area (Å²) in [7, 11) is 2.01. The molecule has 0 aliphatic heterocycles. The van der Waals surface area contributed by atoms with Crippen LogP contribution in [0.5, 0.6) is 5.75 Å². The van der Waals surface area contributed by atoms with Crippen molar-refractivity contribution in [3.63, 3.8) is 0 Å². The molecule has 0 aliphatic rings. The van der Waals surface area contributed by atoms with E-state index in [-0.39, 0.29) is 29.7 Å². The SMILES string of the molecule is C[n+]1ccccc1/C=C\c1ccc(O)c2ncccc12.[I-]. The Kier molecular flexibility index (Phi) is 4.90. The molecule has 3 nitrogen and oxygen atoms in total. The first-order chi connectivity index (χ1) is 9.75. The lowest BCUT2D eigenvalue weighted by Gasteiger charge is -2.03. The van der Waals surface area contributed by atoms with Gasteiger partial charge in [0.05, 0.1) is 0 Å². The summed E-state index contributed by atoms with van der Waals surface area (Å²) in [5.74, 6) is 0.211. The number of rotatable bonds is 2. The van der Waals surface area contributed by atoms with Gasteiger partial charge in [-0.3, -0.25) is 4.98 Å². The van der Waals surface area contributed by atoms with Gasteiger partial charge >= 0.3 is 0 Å². The molecule has 0 atom stereocenters. The summed E-state index contributed by atoms with van der Waals surface area (Å²) in [5.41, 5.74) is 2.78. The summed E-state index contributed by atoms with van der Waals surface area (Å²) in [6, 6.07) is 13.5. The van der Waals surface area contributed by atoms with Crippen LogP contribution in [-0.4, -0.2) is 10.1 Å². The maximum atomic E-state index is 9.83. The second kappa shape index (κ2) is 6.67. The minimum atomic E-state index is 0. The van der Waals surface area contributed by atoms with Crippen LogP contribution in [0.3, 0.4) is 0 Å². The predicted octanol–water partition coefficient (Wildman–Crippen LogP) is -0.0607. The van der Waals surface area contributed by atoms with Gasteiger partial charge in [0, 0.05) is 29.8 Å². The fourth-order valence-electron chi connectivity index (χ4n) is 2.21. The highest BCUT2D eigenvalue weighted by Gasteiger charge is 2.05. The fraction of sp³-hybridized carbons (Fsp3) is 0.0588. The molecule has 0 radical (unpaired) electrons. The van der Waals surface area contributed by atoms with Crippen LogP contribution < -0.4 is 28.5 Å². The molecule has 2 heterocycles. The van der Waals surface area contributed by atoms with Crippen molar-refractivity contribution in [1.29, 1.82) is 0 Å². The number of nitrogens with zero attached hydrogens (tertiary/aromatic N) is 2. The Morgan fingerprint density at radius 1 is 1.05 bits per heavy atom. The zero-order valence-electron chi connectivity index (χ0n) is 11.6. The van der Waals surface area contributed by atoms with Gasteiger partial charge < -0.3 is 29.1 Å². The van der Waals surface area contributed by atoms with Crippen LogP contribution >= 0.6 is 0 Å². The lowest BCUT2D eigenvalue weighted by Crippen LogP contribution is -3.00. The molecule has 2 aromatic heterocycles. The maximum absolute atomic E-state index is 9.83. The topological polar surface area (TPSA) is 37.0 Å². The molecule has 0 aliphatic carbocycles. The molecule has 106 valence electrons. The van der Waals surface area contributed by atoms with E-state index in [1.807, 2.05) is 49.7 Å². The fourth-order valence-corrected chi connectivity index (χ4v) is 2.21. The molecule has 0 unspecified atom stereocenters. The van der Waals surface area contributed by atoms with E-state index in [1.165, 1.54) is 0 Å². The molecule has 0 saturated heterocycles. The number of fused-ring (bicyclic) bond motifs is 1. The Hall–Kier alpha value is -1.95. The number of aromatic nitrogens is 2. The molecule has 0 bridgehead atoms. The number of hydrogen-bond donors (Lipinski definition) is 1. The van der Waals surface area contributed by atoms with E-state index in [1.54, 1.807) is 12.3 Å². The highest BCUT2D eigenvalue weighted by Crippen LogP contribution is 2.26. The van der Waals surface area contributed by atoms with Crippen molar-refractivity contribution in [3.05, 3.63) is 66.1 Å². The molecule has 0 spiro atoms. The molecule has 21 heavy (non-hydrogen) atoms. The van der Waals surface area contributed by atoms with Gasteiger partial charge in [-0.25, -0.2) is 4.57 Å². The molecule has 0 amide bonds. The van der Waals surface area contributed by atoms with Crippen molar-refractivity contribution < 1.29 is 33.7 Å². The molecule has 1 N–H and O–H groups in total. The lowest BCUT2D eigenvalue weighted by molar-refractivity contribution is -0.673. The van der Waals surface area contributed by atoms with Crippen molar-refractivity contribution in [2.75, 3.05) is 0 Å². The van der Waals surface area contributed by atoms with E-state index in [9.17, 15) is 5.11 Å². The Bertz CT molecular complexity index is 800. The van der Waals surface area contributed by atoms with E-state index >= 15 is 0 Å². The smallest absolute Gasteiger partial charge is 0.204 e. The van der Waals surface area contributed by atoms with E-state index in [0.29, 0.717) is 5.52 Å². The minimum absolute atomic E-state index is 0. The van der Waals surface area contributed by atoms with Crippen LogP contribution in [0.25, 0.3) is 23.1 Å². The Balaban J connectivity index is 0.00000161. The number of aromatic hydroxyl groups is 1. The minimum Gasteiger partial charge on any atom is -1.00 e. The zero-order valence-corrected chi connectivity index (χ0v) is 13.7.